The van der Waals surface area contributed by atoms with E-state index in [1.807, 2.05) is 25.1 Å². The van der Waals surface area contributed by atoms with Gasteiger partial charge in [0.25, 0.3) is 0 Å². The Morgan fingerprint density at radius 2 is 1.84 bits per heavy atom. The van der Waals surface area contributed by atoms with Gasteiger partial charge in [-0.2, -0.15) is 0 Å². The van der Waals surface area contributed by atoms with Crippen molar-refractivity contribution in [3.8, 4) is 0 Å². The van der Waals surface area contributed by atoms with E-state index in [1.165, 1.54) is 5.56 Å². The van der Waals surface area contributed by atoms with Crippen molar-refractivity contribution in [1.82, 2.24) is 10.0 Å². The van der Waals surface area contributed by atoms with Gasteiger partial charge in [-0.05, 0) is 43.0 Å². The average molecular weight is 358 g/mol. The highest BCUT2D eigenvalue weighted by atomic mass is 32.2. The van der Waals surface area contributed by atoms with Crippen molar-refractivity contribution in [3.05, 3.63) is 65.2 Å². The lowest BCUT2D eigenvalue weighted by atomic mass is 10.1. The first-order valence-corrected chi connectivity index (χ1v) is 9.87. The topological polar surface area (TPSA) is 75.3 Å². The molecule has 0 heterocycles. The van der Waals surface area contributed by atoms with Crippen molar-refractivity contribution in [2.75, 3.05) is 6.54 Å². The Kier molecular flexibility index (Phi) is 5.20. The molecule has 0 saturated carbocycles. The van der Waals surface area contributed by atoms with E-state index in [1.54, 1.807) is 24.3 Å². The molecule has 0 radical (unpaired) electrons. The minimum Gasteiger partial charge on any atom is -0.349 e. The van der Waals surface area contributed by atoms with E-state index >= 15 is 0 Å². The van der Waals surface area contributed by atoms with Gasteiger partial charge in [-0.1, -0.05) is 42.0 Å². The van der Waals surface area contributed by atoms with Gasteiger partial charge in [-0.15, -0.1) is 0 Å². The summed E-state index contributed by atoms with van der Waals surface area (Å²) >= 11 is 0. The quantitative estimate of drug-likeness (QED) is 0.833. The number of hydrogen-bond acceptors (Lipinski definition) is 3. The fourth-order valence-electron chi connectivity index (χ4n) is 3.07. The van der Waals surface area contributed by atoms with Gasteiger partial charge >= 0.3 is 0 Å². The van der Waals surface area contributed by atoms with Gasteiger partial charge in [0.1, 0.15) is 0 Å². The van der Waals surface area contributed by atoms with Crippen molar-refractivity contribution in [2.45, 2.75) is 37.1 Å². The molecule has 2 aromatic carbocycles. The maximum atomic E-state index is 12.2. The lowest BCUT2D eigenvalue weighted by Crippen LogP contribution is -2.32. The minimum absolute atomic E-state index is 0.0254. The lowest BCUT2D eigenvalue weighted by molar-refractivity contribution is -0.121. The molecule has 25 heavy (non-hydrogen) atoms. The second kappa shape index (κ2) is 7.37. The summed E-state index contributed by atoms with van der Waals surface area (Å²) in [6.07, 6.45) is 1.96. The van der Waals surface area contributed by atoms with Crippen LogP contribution < -0.4 is 10.0 Å². The Morgan fingerprint density at radius 3 is 2.60 bits per heavy atom. The van der Waals surface area contributed by atoms with Crippen molar-refractivity contribution in [3.63, 3.8) is 0 Å². The van der Waals surface area contributed by atoms with E-state index in [0.717, 1.165) is 24.0 Å². The van der Waals surface area contributed by atoms with E-state index in [4.69, 9.17) is 0 Å². The summed E-state index contributed by atoms with van der Waals surface area (Å²) in [7, 11) is -3.58. The van der Waals surface area contributed by atoms with Crippen LogP contribution in [0.25, 0.3) is 0 Å². The molecule has 132 valence electrons. The Balaban J connectivity index is 1.51. The Hall–Kier alpha value is -2.18. The molecule has 3 rings (SSSR count). The summed E-state index contributed by atoms with van der Waals surface area (Å²) < 4.78 is 26.9. The molecular weight excluding hydrogens is 336 g/mol. The molecule has 6 heteroatoms. The highest BCUT2D eigenvalue weighted by Gasteiger charge is 2.23. The minimum atomic E-state index is -3.58. The van der Waals surface area contributed by atoms with Gasteiger partial charge in [0.2, 0.25) is 15.9 Å². The van der Waals surface area contributed by atoms with Gasteiger partial charge in [0.15, 0.2) is 0 Å². The van der Waals surface area contributed by atoms with Crippen LogP contribution in [-0.2, 0) is 21.2 Å². The predicted octanol–water partition coefficient (Wildman–Crippen LogP) is 2.47. The molecule has 2 N–H and O–H groups in total. The average Bonchev–Trinajstić information content (AvgIpc) is 2.98. The number of amides is 1. The third-order valence-corrected chi connectivity index (χ3v) is 5.92. The molecule has 1 atom stereocenters. The second-order valence-corrected chi connectivity index (χ2v) is 8.09. The molecule has 0 spiro atoms. The zero-order valence-corrected chi connectivity index (χ0v) is 15.0. The molecule has 5 nitrogen and oxygen atoms in total. The second-order valence-electron chi connectivity index (χ2n) is 6.32. The molecule has 0 aliphatic heterocycles. The third-order valence-electron chi connectivity index (χ3n) is 4.44. The van der Waals surface area contributed by atoms with Gasteiger partial charge in [-0.25, -0.2) is 13.1 Å². The number of carbonyl (C=O) groups excluding carboxylic acids is 1. The summed E-state index contributed by atoms with van der Waals surface area (Å²) in [5.74, 6) is -0.145. The fraction of sp³-hybridized carbons (Fsp3) is 0.316. The van der Waals surface area contributed by atoms with Gasteiger partial charge in [0.05, 0.1) is 10.9 Å². The molecule has 0 fully saturated rings. The van der Waals surface area contributed by atoms with Crippen molar-refractivity contribution in [1.29, 1.82) is 0 Å². The molecule has 1 aliphatic carbocycles. The first-order chi connectivity index (χ1) is 12.0. The maximum absolute atomic E-state index is 12.2. The molecule has 0 unspecified atom stereocenters. The van der Waals surface area contributed by atoms with Crippen LogP contribution in [0.4, 0.5) is 0 Å². The van der Waals surface area contributed by atoms with Gasteiger partial charge in [-0.3, -0.25) is 4.79 Å². The number of rotatable bonds is 6. The molecule has 0 bridgehead atoms. The van der Waals surface area contributed by atoms with Crippen LogP contribution in [0.2, 0.25) is 0 Å². The summed E-state index contributed by atoms with van der Waals surface area (Å²) in [5, 5.41) is 2.99. The van der Waals surface area contributed by atoms with Crippen LogP contribution in [0.1, 0.15) is 35.6 Å². The smallest absolute Gasteiger partial charge is 0.240 e. The summed E-state index contributed by atoms with van der Waals surface area (Å²) in [6.45, 7) is 1.98. The van der Waals surface area contributed by atoms with Gasteiger partial charge in [0, 0.05) is 13.0 Å². The number of nitrogens with one attached hydrogen (secondary N) is 2. The Morgan fingerprint density at radius 1 is 1.12 bits per heavy atom. The maximum Gasteiger partial charge on any atom is 0.240 e. The molecule has 0 aromatic heterocycles. The van der Waals surface area contributed by atoms with E-state index in [2.05, 4.69) is 16.1 Å². The Bertz CT molecular complexity index is 860. The SMILES string of the molecule is Cc1ccc(S(=O)(=O)NCCC(=O)N[C@@H]2CCc3ccccc32)cc1. The van der Waals surface area contributed by atoms with E-state index in [-0.39, 0.29) is 29.8 Å². The molecule has 1 amide bonds. The highest BCUT2D eigenvalue weighted by Crippen LogP contribution is 2.30. The molecule has 2 aromatic rings. The van der Waals surface area contributed by atoms with Crippen LogP contribution in [0.15, 0.2) is 53.4 Å². The van der Waals surface area contributed by atoms with Crippen LogP contribution in [0.3, 0.4) is 0 Å². The summed E-state index contributed by atoms with van der Waals surface area (Å²) in [4.78, 5) is 12.3. The predicted molar refractivity (Wildman–Crippen MR) is 96.6 cm³/mol. The lowest BCUT2D eigenvalue weighted by Gasteiger charge is -2.14. The molecule has 0 saturated heterocycles. The van der Waals surface area contributed by atoms with Crippen LogP contribution >= 0.6 is 0 Å². The number of fused-ring (bicyclic) bond motifs is 1. The van der Waals surface area contributed by atoms with E-state index < -0.39 is 10.0 Å². The third kappa shape index (κ3) is 4.27. The first-order valence-electron chi connectivity index (χ1n) is 8.39. The number of carbonyl (C=O) groups is 1. The van der Waals surface area contributed by atoms with Crippen LogP contribution in [0.5, 0.6) is 0 Å². The zero-order valence-electron chi connectivity index (χ0n) is 14.2. The monoisotopic (exact) mass is 358 g/mol. The van der Waals surface area contributed by atoms with Crippen molar-refractivity contribution >= 4 is 15.9 Å². The first kappa shape index (κ1) is 17.6. The van der Waals surface area contributed by atoms with E-state index in [9.17, 15) is 13.2 Å². The largest absolute Gasteiger partial charge is 0.349 e. The normalized spacial score (nSPS) is 16.4. The van der Waals surface area contributed by atoms with Crippen molar-refractivity contribution in [2.24, 2.45) is 0 Å². The number of hydrogen-bond donors (Lipinski definition) is 2. The van der Waals surface area contributed by atoms with Crippen LogP contribution in [0, 0.1) is 6.92 Å². The highest BCUT2D eigenvalue weighted by molar-refractivity contribution is 7.89. The fourth-order valence-corrected chi connectivity index (χ4v) is 4.11. The van der Waals surface area contributed by atoms with E-state index in [0.29, 0.717) is 0 Å². The van der Waals surface area contributed by atoms with Crippen LogP contribution in [-0.4, -0.2) is 20.9 Å². The molecule has 1 aliphatic rings. The number of aryl methyl sites for hydroxylation is 2. The Labute approximate surface area is 148 Å². The number of benzene rings is 2. The molecular formula is C19H22N2O3S. The van der Waals surface area contributed by atoms with Gasteiger partial charge < -0.3 is 5.32 Å². The standard InChI is InChI=1S/C19H22N2O3S/c1-14-6-9-16(10-7-14)25(23,24)20-13-12-19(22)21-18-11-8-15-4-2-3-5-17(15)18/h2-7,9-10,18,20H,8,11-13H2,1H3,(H,21,22)/t18-/m1/s1. The van der Waals surface area contributed by atoms with Crippen molar-refractivity contribution < 1.29 is 13.2 Å². The zero-order chi connectivity index (χ0) is 17.9. The summed E-state index contributed by atoms with van der Waals surface area (Å²) in [6, 6.07) is 14.7. The number of sulfonamides is 1. The summed E-state index contributed by atoms with van der Waals surface area (Å²) in [5.41, 5.74) is 3.43.